The molecule has 0 atom stereocenters. The summed E-state index contributed by atoms with van der Waals surface area (Å²) in [6, 6.07) is 11.5. The Labute approximate surface area is 225 Å². The van der Waals surface area contributed by atoms with Gasteiger partial charge in [-0.05, 0) is 77.9 Å². The predicted octanol–water partition coefficient (Wildman–Crippen LogP) is 4.59. The molecular weight excluding hydrogens is 482 g/mol. The van der Waals surface area contributed by atoms with Gasteiger partial charge < -0.3 is 27.8 Å². The molecular formula is C29H36B2O7. The molecule has 38 heavy (non-hydrogen) atoms. The van der Waals surface area contributed by atoms with Gasteiger partial charge in [-0.25, -0.2) is 4.79 Å². The molecule has 0 aliphatic carbocycles. The van der Waals surface area contributed by atoms with Crippen LogP contribution in [0.2, 0.25) is 0 Å². The monoisotopic (exact) mass is 518 g/mol. The van der Waals surface area contributed by atoms with E-state index in [1.54, 1.807) is 0 Å². The van der Waals surface area contributed by atoms with Crippen LogP contribution < -0.4 is 21.3 Å². The molecule has 3 heterocycles. The van der Waals surface area contributed by atoms with Gasteiger partial charge in [-0.2, -0.15) is 0 Å². The highest BCUT2D eigenvalue weighted by Crippen LogP contribution is 2.39. The lowest BCUT2D eigenvalue weighted by molar-refractivity contribution is 0.00578. The highest BCUT2D eigenvalue weighted by Gasteiger charge is 2.51. The molecule has 2 aliphatic heterocycles. The van der Waals surface area contributed by atoms with Crippen LogP contribution in [0.1, 0.15) is 67.4 Å². The molecule has 5 rings (SSSR count). The Morgan fingerprint density at radius 1 is 1.03 bits per heavy atom. The molecule has 0 radical (unpaired) electrons. The van der Waals surface area contributed by atoms with Crippen molar-refractivity contribution in [1.29, 1.82) is 0 Å². The van der Waals surface area contributed by atoms with Crippen LogP contribution in [0.4, 0.5) is 0 Å². The van der Waals surface area contributed by atoms with Crippen LogP contribution >= 0.6 is 0 Å². The summed E-state index contributed by atoms with van der Waals surface area (Å²) in [6.07, 6.45) is 0.843. The second-order valence-corrected chi connectivity index (χ2v) is 11.6. The molecule has 1 fully saturated rings. The van der Waals surface area contributed by atoms with Crippen LogP contribution in [0.15, 0.2) is 45.6 Å². The normalized spacial score (nSPS) is 17.7. The number of ether oxygens (including phenoxy) is 1. The third kappa shape index (κ3) is 4.70. The number of hydrogen-bond acceptors (Lipinski definition) is 7. The minimum atomic E-state index is -0.542. The SMILES string of the molecule is CCOB(OC(C)(C)CC)c1ccc2c(c1)OCc1c-2c(=O)oc2cc(B3OC(C)(C)C(C)(C)O3)ccc12. The molecule has 0 unspecified atom stereocenters. The van der Waals surface area contributed by atoms with Gasteiger partial charge in [-0.15, -0.1) is 0 Å². The van der Waals surface area contributed by atoms with E-state index in [9.17, 15) is 4.79 Å². The van der Waals surface area contributed by atoms with Crippen LogP contribution in [0.3, 0.4) is 0 Å². The van der Waals surface area contributed by atoms with Gasteiger partial charge in [0.1, 0.15) is 17.9 Å². The van der Waals surface area contributed by atoms with Crippen LogP contribution in [0.5, 0.6) is 5.75 Å². The van der Waals surface area contributed by atoms with Crippen molar-refractivity contribution in [3.8, 4) is 16.9 Å². The van der Waals surface area contributed by atoms with Crippen molar-refractivity contribution in [1.82, 2.24) is 0 Å². The van der Waals surface area contributed by atoms with Crippen molar-refractivity contribution in [2.24, 2.45) is 0 Å². The molecule has 9 heteroatoms. The predicted molar refractivity (Wildman–Crippen MR) is 150 cm³/mol. The summed E-state index contributed by atoms with van der Waals surface area (Å²) in [6.45, 7) is 16.9. The molecule has 0 bridgehead atoms. The van der Waals surface area contributed by atoms with E-state index in [2.05, 4.69) is 6.92 Å². The van der Waals surface area contributed by atoms with Gasteiger partial charge in [-0.3, -0.25) is 0 Å². The molecule has 0 saturated carbocycles. The molecule has 0 amide bonds. The smallest absolute Gasteiger partial charge is 0.488 e. The van der Waals surface area contributed by atoms with E-state index in [1.165, 1.54) is 0 Å². The first-order valence-corrected chi connectivity index (χ1v) is 13.4. The summed E-state index contributed by atoms with van der Waals surface area (Å²) in [5, 5.41) is 0.829. The molecule has 1 aromatic heterocycles. The van der Waals surface area contributed by atoms with Crippen LogP contribution in [0.25, 0.3) is 22.1 Å². The number of hydrogen-bond donors (Lipinski definition) is 0. The Bertz CT molecular complexity index is 1410. The maximum absolute atomic E-state index is 13.3. The summed E-state index contributed by atoms with van der Waals surface area (Å²) >= 11 is 0. The highest BCUT2D eigenvalue weighted by molar-refractivity contribution is 6.62. The second kappa shape index (κ2) is 9.56. The van der Waals surface area contributed by atoms with Crippen LogP contribution in [-0.4, -0.2) is 37.6 Å². The lowest BCUT2D eigenvalue weighted by Crippen LogP contribution is -2.43. The van der Waals surface area contributed by atoms with E-state index < -0.39 is 31.1 Å². The molecule has 0 spiro atoms. The van der Waals surface area contributed by atoms with Gasteiger partial charge in [0, 0.05) is 28.7 Å². The van der Waals surface area contributed by atoms with Crippen molar-refractivity contribution >= 4 is 36.1 Å². The zero-order valence-electron chi connectivity index (χ0n) is 23.6. The van der Waals surface area contributed by atoms with E-state index in [4.69, 9.17) is 27.8 Å². The molecule has 2 aliphatic rings. The van der Waals surface area contributed by atoms with Gasteiger partial charge >= 0.3 is 19.9 Å². The maximum Gasteiger partial charge on any atom is 0.494 e. The Hall–Kier alpha value is -2.58. The Morgan fingerprint density at radius 3 is 2.39 bits per heavy atom. The number of benzene rings is 2. The minimum Gasteiger partial charge on any atom is -0.488 e. The van der Waals surface area contributed by atoms with E-state index in [-0.39, 0.29) is 12.2 Å². The van der Waals surface area contributed by atoms with Crippen LogP contribution in [-0.2, 0) is 25.2 Å². The fourth-order valence-corrected chi connectivity index (χ4v) is 4.71. The first-order chi connectivity index (χ1) is 17.9. The van der Waals surface area contributed by atoms with Crippen molar-refractivity contribution in [3.05, 3.63) is 52.4 Å². The largest absolute Gasteiger partial charge is 0.494 e. The zero-order chi connectivity index (χ0) is 27.5. The molecule has 2 aromatic carbocycles. The first kappa shape index (κ1) is 27.0. The van der Waals surface area contributed by atoms with Crippen molar-refractivity contribution in [2.75, 3.05) is 6.61 Å². The fourth-order valence-electron chi connectivity index (χ4n) is 4.71. The summed E-state index contributed by atoms with van der Waals surface area (Å²) in [5.41, 5.74) is 2.49. The van der Waals surface area contributed by atoms with Gasteiger partial charge in [0.25, 0.3) is 0 Å². The van der Waals surface area contributed by atoms with Gasteiger partial charge in [0.2, 0.25) is 0 Å². The quantitative estimate of drug-likeness (QED) is 0.335. The number of fused-ring (bicyclic) bond motifs is 5. The summed E-state index contributed by atoms with van der Waals surface area (Å²) in [5.74, 6) is 0.609. The Balaban J connectivity index is 1.51. The van der Waals surface area contributed by atoms with E-state index in [0.717, 1.165) is 28.3 Å². The van der Waals surface area contributed by atoms with Gasteiger partial charge in [0.15, 0.2) is 0 Å². The first-order valence-electron chi connectivity index (χ1n) is 13.4. The topological polar surface area (TPSA) is 76.4 Å². The maximum atomic E-state index is 13.3. The van der Waals surface area contributed by atoms with Crippen molar-refractivity contribution < 1.29 is 27.8 Å². The summed E-state index contributed by atoms with van der Waals surface area (Å²) < 4.78 is 36.6. The standard InChI is InChI=1S/C29H36B2O7/c1-9-27(3,4)36-30(34-10-2)18-12-14-21-23(15-18)33-17-22-20-13-11-19(16-24(20)35-26(32)25(21)22)31-37-28(5,6)29(7,8)38-31/h11-16H,9-10,17H2,1-8H3. The molecule has 0 N–H and O–H groups in total. The summed E-state index contributed by atoms with van der Waals surface area (Å²) in [4.78, 5) is 13.3. The average Bonchev–Trinajstić information content (AvgIpc) is 3.09. The minimum absolute atomic E-state index is 0.254. The third-order valence-corrected chi connectivity index (χ3v) is 8.08. The van der Waals surface area contributed by atoms with Crippen LogP contribution in [0, 0.1) is 0 Å². The molecule has 200 valence electrons. The average molecular weight is 518 g/mol. The third-order valence-electron chi connectivity index (χ3n) is 8.08. The zero-order valence-corrected chi connectivity index (χ0v) is 23.6. The Morgan fingerprint density at radius 2 is 1.74 bits per heavy atom. The van der Waals surface area contributed by atoms with E-state index in [0.29, 0.717) is 29.1 Å². The van der Waals surface area contributed by atoms with E-state index >= 15 is 0 Å². The van der Waals surface area contributed by atoms with E-state index in [1.807, 2.05) is 84.9 Å². The lowest BCUT2D eigenvalue weighted by atomic mass is 9.76. The summed E-state index contributed by atoms with van der Waals surface area (Å²) in [7, 11) is -1.08. The van der Waals surface area contributed by atoms with Gasteiger partial charge in [-0.1, -0.05) is 31.2 Å². The molecule has 1 saturated heterocycles. The van der Waals surface area contributed by atoms with Crippen molar-refractivity contribution in [2.45, 2.75) is 85.2 Å². The lowest BCUT2D eigenvalue weighted by Gasteiger charge is -2.32. The fraction of sp³-hybridized carbons (Fsp3) is 0.483. The molecule has 7 nitrogen and oxygen atoms in total. The second-order valence-electron chi connectivity index (χ2n) is 11.6. The highest BCUT2D eigenvalue weighted by atomic mass is 16.7. The molecule has 3 aromatic rings. The Kier molecular flexibility index (Phi) is 6.79. The van der Waals surface area contributed by atoms with Crippen molar-refractivity contribution in [3.63, 3.8) is 0 Å². The van der Waals surface area contributed by atoms with Gasteiger partial charge in [0.05, 0.1) is 16.8 Å². The number of rotatable bonds is 7.